The van der Waals surface area contributed by atoms with Crippen LogP contribution in [0.3, 0.4) is 0 Å². The number of carbonyl (C=O) groups is 2. The van der Waals surface area contributed by atoms with Crippen LogP contribution in [-0.4, -0.2) is 79.1 Å². The molecule has 2 aromatic carbocycles. The molecule has 0 aliphatic carbocycles. The lowest BCUT2D eigenvalue weighted by Crippen LogP contribution is -2.47. The van der Waals surface area contributed by atoms with Crippen LogP contribution in [0.15, 0.2) is 54.6 Å². The quantitative estimate of drug-likeness (QED) is 0.751. The van der Waals surface area contributed by atoms with Gasteiger partial charge in [-0.05, 0) is 55.8 Å². The van der Waals surface area contributed by atoms with Crippen molar-refractivity contribution in [2.75, 3.05) is 45.6 Å². The van der Waals surface area contributed by atoms with Crippen LogP contribution in [-0.2, 0) is 0 Å². The van der Waals surface area contributed by atoms with Gasteiger partial charge >= 0.3 is 12.1 Å². The Kier molecular flexibility index (Phi) is 6.80. The van der Waals surface area contributed by atoms with E-state index in [0.29, 0.717) is 24.5 Å². The third kappa shape index (κ3) is 5.13. The Hall–Kier alpha value is -3.26. The highest BCUT2D eigenvalue weighted by molar-refractivity contribution is 5.89. The number of hydrogen-bond donors (Lipinski definition) is 2. The van der Waals surface area contributed by atoms with Gasteiger partial charge in [0.1, 0.15) is 11.5 Å². The largest absolute Gasteiger partial charge is 0.457 e. The van der Waals surface area contributed by atoms with E-state index >= 15 is 0 Å². The van der Waals surface area contributed by atoms with E-state index in [1.165, 1.54) is 0 Å². The first-order valence-electron chi connectivity index (χ1n) is 11.1. The molecule has 2 aromatic rings. The van der Waals surface area contributed by atoms with E-state index in [4.69, 9.17) is 4.74 Å². The number of nitrogens with one attached hydrogen (secondary N) is 2. The highest BCUT2D eigenvalue weighted by Crippen LogP contribution is 2.23. The SMILES string of the molecule is CN(C(=O)Nc1ccc(Oc2ccccc2)cc1)[C@H]1CCN(C(=O)N(C)[C@@H]2CCNC2)C1. The van der Waals surface area contributed by atoms with E-state index in [9.17, 15) is 9.59 Å². The lowest BCUT2D eigenvalue weighted by Gasteiger charge is -2.30. The van der Waals surface area contributed by atoms with Crippen LogP contribution in [0.25, 0.3) is 0 Å². The normalized spacial score (nSPS) is 20.1. The number of carbonyl (C=O) groups excluding carboxylic acids is 2. The zero-order chi connectivity index (χ0) is 22.5. The molecule has 4 amide bonds. The predicted octanol–water partition coefficient (Wildman–Crippen LogP) is 3.43. The van der Waals surface area contributed by atoms with Crippen LogP contribution in [0, 0.1) is 0 Å². The summed E-state index contributed by atoms with van der Waals surface area (Å²) in [5, 5.41) is 6.23. The molecule has 32 heavy (non-hydrogen) atoms. The fourth-order valence-corrected chi connectivity index (χ4v) is 4.19. The van der Waals surface area contributed by atoms with Crippen molar-refractivity contribution in [3.8, 4) is 11.5 Å². The van der Waals surface area contributed by atoms with Crippen molar-refractivity contribution in [1.29, 1.82) is 0 Å². The van der Waals surface area contributed by atoms with Gasteiger partial charge in [0, 0.05) is 45.5 Å². The monoisotopic (exact) mass is 437 g/mol. The molecule has 2 N–H and O–H groups in total. The van der Waals surface area contributed by atoms with Crippen LogP contribution < -0.4 is 15.4 Å². The highest BCUT2D eigenvalue weighted by Gasteiger charge is 2.34. The molecule has 0 radical (unpaired) electrons. The summed E-state index contributed by atoms with van der Waals surface area (Å²) < 4.78 is 5.79. The maximum Gasteiger partial charge on any atom is 0.321 e. The molecule has 0 spiro atoms. The summed E-state index contributed by atoms with van der Waals surface area (Å²) in [5.74, 6) is 1.47. The second-order valence-electron chi connectivity index (χ2n) is 8.41. The summed E-state index contributed by atoms with van der Waals surface area (Å²) in [5.41, 5.74) is 0.696. The molecule has 2 fully saturated rings. The van der Waals surface area contributed by atoms with Crippen molar-refractivity contribution >= 4 is 17.7 Å². The minimum Gasteiger partial charge on any atom is -0.457 e. The zero-order valence-electron chi connectivity index (χ0n) is 18.7. The Morgan fingerprint density at radius 2 is 1.69 bits per heavy atom. The van der Waals surface area contributed by atoms with Gasteiger partial charge in [0.15, 0.2) is 0 Å². The van der Waals surface area contributed by atoms with Gasteiger partial charge in [-0.1, -0.05) is 18.2 Å². The van der Waals surface area contributed by atoms with Crippen molar-refractivity contribution in [3.63, 3.8) is 0 Å². The first-order chi connectivity index (χ1) is 15.5. The third-order valence-corrected chi connectivity index (χ3v) is 6.27. The van der Waals surface area contributed by atoms with E-state index in [-0.39, 0.29) is 24.1 Å². The Labute approximate surface area is 189 Å². The fraction of sp³-hybridized carbons (Fsp3) is 0.417. The minimum atomic E-state index is -0.186. The molecule has 2 saturated heterocycles. The third-order valence-electron chi connectivity index (χ3n) is 6.27. The van der Waals surface area contributed by atoms with Crippen molar-refractivity contribution < 1.29 is 14.3 Å². The minimum absolute atomic E-state index is 0.00487. The first kappa shape index (κ1) is 22.0. The summed E-state index contributed by atoms with van der Waals surface area (Å²) in [7, 11) is 3.65. The Balaban J connectivity index is 1.27. The summed E-state index contributed by atoms with van der Waals surface area (Å²) in [6.45, 7) is 3.01. The maximum atomic E-state index is 12.8. The number of likely N-dealkylation sites (tertiary alicyclic amines) is 1. The number of hydrogen-bond acceptors (Lipinski definition) is 4. The van der Waals surface area contributed by atoms with Crippen LogP contribution >= 0.6 is 0 Å². The summed E-state index contributed by atoms with van der Waals surface area (Å²) in [6, 6.07) is 16.9. The van der Waals surface area contributed by atoms with Gasteiger partial charge in [-0.25, -0.2) is 9.59 Å². The van der Waals surface area contributed by atoms with Crippen LogP contribution in [0.5, 0.6) is 11.5 Å². The highest BCUT2D eigenvalue weighted by atomic mass is 16.5. The molecule has 2 aliphatic rings. The van der Waals surface area contributed by atoms with E-state index in [0.717, 1.165) is 31.7 Å². The van der Waals surface area contributed by atoms with E-state index in [2.05, 4.69) is 10.6 Å². The number of nitrogens with zero attached hydrogens (tertiary/aromatic N) is 3. The van der Waals surface area contributed by atoms with E-state index < -0.39 is 0 Å². The standard InChI is InChI=1S/C24H31N5O3/c1-27(20-13-15-29(17-20)24(31)28(2)19-12-14-25-16-19)23(30)26-18-8-10-22(11-9-18)32-21-6-4-3-5-7-21/h3-11,19-20,25H,12-17H2,1-2H3,(H,26,30)/t19-,20+/m1/s1. The summed E-state index contributed by atoms with van der Waals surface area (Å²) in [6.07, 6.45) is 1.76. The number of rotatable bonds is 5. The van der Waals surface area contributed by atoms with E-state index in [1.54, 1.807) is 11.9 Å². The van der Waals surface area contributed by atoms with Crippen molar-refractivity contribution in [2.45, 2.75) is 24.9 Å². The number of amides is 4. The molecule has 2 aliphatic heterocycles. The number of anilines is 1. The van der Waals surface area contributed by atoms with Gasteiger partial charge in [0.05, 0.1) is 6.04 Å². The molecule has 2 atom stereocenters. The van der Waals surface area contributed by atoms with Crippen LogP contribution in [0.4, 0.5) is 15.3 Å². The lowest BCUT2D eigenvalue weighted by atomic mass is 10.2. The molecule has 0 unspecified atom stereocenters. The van der Waals surface area contributed by atoms with Gasteiger partial charge in [0.2, 0.25) is 0 Å². The molecule has 0 bridgehead atoms. The van der Waals surface area contributed by atoms with Crippen molar-refractivity contribution in [3.05, 3.63) is 54.6 Å². The molecule has 0 saturated carbocycles. The fourth-order valence-electron chi connectivity index (χ4n) is 4.19. The number of ether oxygens (including phenoxy) is 1. The Bertz CT molecular complexity index is 915. The maximum absolute atomic E-state index is 12.8. The number of likely N-dealkylation sites (N-methyl/N-ethyl adjacent to an activating group) is 2. The second kappa shape index (κ2) is 9.91. The Morgan fingerprint density at radius 1 is 0.969 bits per heavy atom. The summed E-state index contributed by atoms with van der Waals surface area (Å²) >= 11 is 0. The smallest absolute Gasteiger partial charge is 0.321 e. The average molecular weight is 438 g/mol. The van der Waals surface area contributed by atoms with Crippen molar-refractivity contribution in [2.24, 2.45) is 0 Å². The average Bonchev–Trinajstić information content (AvgIpc) is 3.52. The van der Waals surface area contributed by atoms with Crippen LogP contribution in [0.1, 0.15) is 12.8 Å². The Morgan fingerprint density at radius 3 is 2.38 bits per heavy atom. The van der Waals surface area contributed by atoms with Crippen LogP contribution in [0.2, 0.25) is 0 Å². The van der Waals surface area contributed by atoms with E-state index in [1.807, 2.05) is 71.4 Å². The first-order valence-corrected chi connectivity index (χ1v) is 11.1. The zero-order valence-corrected chi connectivity index (χ0v) is 18.7. The van der Waals surface area contributed by atoms with Gasteiger partial charge in [-0.15, -0.1) is 0 Å². The van der Waals surface area contributed by atoms with Gasteiger partial charge in [-0.3, -0.25) is 0 Å². The molecule has 8 nitrogen and oxygen atoms in total. The number of urea groups is 2. The number of benzene rings is 2. The van der Waals surface area contributed by atoms with Gasteiger partial charge in [0.25, 0.3) is 0 Å². The van der Waals surface area contributed by atoms with Gasteiger partial charge < -0.3 is 30.1 Å². The summed E-state index contributed by atoms with van der Waals surface area (Å²) in [4.78, 5) is 31.0. The molecule has 170 valence electrons. The topological polar surface area (TPSA) is 77.2 Å². The molecule has 2 heterocycles. The number of para-hydroxylation sites is 1. The molecule has 0 aromatic heterocycles. The molecule has 8 heteroatoms. The predicted molar refractivity (Wildman–Crippen MR) is 124 cm³/mol. The lowest BCUT2D eigenvalue weighted by molar-refractivity contribution is 0.154. The molecule has 4 rings (SSSR count). The van der Waals surface area contributed by atoms with Crippen molar-refractivity contribution in [1.82, 2.24) is 20.0 Å². The van der Waals surface area contributed by atoms with Gasteiger partial charge in [-0.2, -0.15) is 0 Å². The molecular weight excluding hydrogens is 406 g/mol. The second-order valence-corrected chi connectivity index (χ2v) is 8.41. The molecular formula is C24H31N5O3.